The quantitative estimate of drug-likeness (QED) is 0.708. The van der Waals surface area contributed by atoms with Crippen LogP contribution in [0.15, 0.2) is 18.2 Å². The third-order valence-corrected chi connectivity index (χ3v) is 3.30. The Hall–Kier alpha value is -2.88. The number of halogens is 1. The van der Waals surface area contributed by atoms with Gasteiger partial charge in [0, 0.05) is 32.9 Å². The summed E-state index contributed by atoms with van der Waals surface area (Å²) in [6.07, 6.45) is -5.16. The van der Waals surface area contributed by atoms with E-state index in [0.29, 0.717) is 18.2 Å². The van der Waals surface area contributed by atoms with Crippen LogP contribution in [0.2, 0.25) is 0 Å². The number of nitrogens with one attached hydrogen (secondary N) is 1. The zero-order valence-corrected chi connectivity index (χ0v) is 14.2. The highest BCUT2D eigenvalue weighted by Gasteiger charge is 2.33. The smallest absolute Gasteiger partial charge is 0.414 e. The second-order valence-corrected chi connectivity index (χ2v) is 5.26. The van der Waals surface area contributed by atoms with Gasteiger partial charge in [-0.1, -0.05) is 0 Å². The fourth-order valence-electron chi connectivity index (χ4n) is 2.06. The molecule has 2 aliphatic rings. The lowest BCUT2D eigenvalue weighted by Crippen LogP contribution is -2.49. The highest BCUT2D eigenvalue weighted by molar-refractivity contribution is 5.90. The first-order chi connectivity index (χ1) is 18.3. The SMILES string of the molecule is [2H]C1([2H])N(C(=O)CO)C([2H])([2H])C([2H])([2H])N(c2ccc(N3C(=O)O[C@@]([2H])(C([2H])([2H])NC(C)=O)C3([2H])[2H])cc2F)C1([2H])[2H]. The van der Waals surface area contributed by atoms with E-state index in [1.165, 1.54) is 0 Å². The average Bonchev–Trinajstić information content (AvgIpc) is 2.97. The van der Waals surface area contributed by atoms with E-state index in [4.69, 9.17) is 17.8 Å². The number of anilines is 2. The van der Waals surface area contributed by atoms with Crippen molar-refractivity contribution in [3.05, 3.63) is 24.0 Å². The topological polar surface area (TPSA) is 102 Å². The van der Waals surface area contributed by atoms with E-state index < -0.39 is 91.7 Å². The van der Waals surface area contributed by atoms with E-state index in [2.05, 4.69) is 4.74 Å². The lowest BCUT2D eigenvalue weighted by molar-refractivity contribution is -0.134. The van der Waals surface area contributed by atoms with E-state index in [9.17, 15) is 19.5 Å². The number of hydrogen-bond donors (Lipinski definition) is 2. The van der Waals surface area contributed by atoms with Crippen molar-refractivity contribution in [1.82, 2.24) is 10.2 Å². The Labute approximate surface area is 179 Å². The lowest BCUT2D eigenvalue weighted by atomic mass is 10.2. The molecule has 0 unspecified atom stereocenters. The molecule has 2 heterocycles. The van der Waals surface area contributed by atoms with Crippen molar-refractivity contribution in [3.63, 3.8) is 0 Å². The number of amides is 3. The number of nitrogens with zero attached hydrogens (tertiary/aromatic N) is 3. The van der Waals surface area contributed by atoms with Crippen LogP contribution in [0.3, 0.4) is 0 Å². The number of cyclic esters (lactones) is 1. The van der Waals surface area contributed by atoms with Gasteiger partial charge in [0.15, 0.2) is 0 Å². The van der Waals surface area contributed by atoms with Gasteiger partial charge in [0.25, 0.3) is 0 Å². The maximum absolute atomic E-state index is 15.6. The zero-order chi connectivity index (χ0) is 31.9. The fraction of sp³-hybridized carbons (Fsp3) is 0.500. The number of carbonyl (C=O) groups excluding carboxylic acids is 3. The first-order valence-electron chi connectivity index (χ1n) is 14.1. The summed E-state index contributed by atoms with van der Waals surface area (Å²) in [6.45, 7) is -22.3. The summed E-state index contributed by atoms with van der Waals surface area (Å²) in [5, 5.41) is 10.8. The van der Waals surface area contributed by atoms with Crippen LogP contribution in [0.4, 0.5) is 20.6 Å². The van der Waals surface area contributed by atoms with E-state index in [0.717, 1.165) is 6.92 Å². The van der Waals surface area contributed by atoms with Gasteiger partial charge in [-0.2, -0.15) is 0 Å². The summed E-state index contributed by atoms with van der Waals surface area (Å²) in [5.74, 6) is -4.43. The average molecular weight is 407 g/mol. The molecule has 0 aliphatic carbocycles. The summed E-state index contributed by atoms with van der Waals surface area (Å²) in [7, 11) is 0. The molecule has 28 heavy (non-hydrogen) atoms. The van der Waals surface area contributed by atoms with E-state index >= 15 is 4.39 Å². The number of hydrogen-bond acceptors (Lipinski definition) is 6. The molecule has 2 aliphatic heterocycles. The Morgan fingerprint density at radius 1 is 1.43 bits per heavy atom. The van der Waals surface area contributed by atoms with Crippen LogP contribution in [0.25, 0.3) is 0 Å². The summed E-state index contributed by atoms with van der Waals surface area (Å²) in [4.78, 5) is 35.4. The minimum atomic E-state index is -3.72. The molecular formula is C18H23FN4O5. The maximum Gasteiger partial charge on any atom is 0.414 e. The van der Waals surface area contributed by atoms with Crippen LogP contribution in [0, 0.1) is 5.82 Å². The van der Waals surface area contributed by atoms with Crippen molar-refractivity contribution in [2.24, 2.45) is 0 Å². The third-order valence-electron chi connectivity index (χ3n) is 3.30. The van der Waals surface area contributed by atoms with Crippen LogP contribution in [0.1, 0.15) is 24.7 Å². The minimum absolute atomic E-state index is 0.00614. The molecule has 0 bridgehead atoms. The van der Waals surface area contributed by atoms with Gasteiger partial charge in [-0.3, -0.25) is 14.5 Å². The molecule has 0 spiro atoms. The molecule has 10 heteroatoms. The molecule has 0 saturated carbocycles. The van der Waals surface area contributed by atoms with Gasteiger partial charge in [-0.15, -0.1) is 0 Å². The van der Waals surface area contributed by atoms with Crippen molar-refractivity contribution in [2.45, 2.75) is 13.0 Å². The Morgan fingerprint density at radius 3 is 2.75 bits per heavy atom. The molecule has 1 atom stereocenters. The Bertz CT molecular complexity index is 1270. The molecule has 1 aromatic carbocycles. The molecule has 3 rings (SSSR count). The highest BCUT2D eigenvalue weighted by Crippen LogP contribution is 2.28. The standard InChI is InChI=1S/C18H23FN4O5/c1-12(25)20-9-14-10-23(18(27)28-14)13-2-3-16(15(19)8-13)21-4-6-22(7-5-21)17(26)11-24/h2-3,8,14,24H,4-7,9-11H2,1H3,(H,20,25)/t14-/m0/s1/i4D2,5D2,6D2,7D2,9D2,10D2,14D. The predicted molar refractivity (Wildman–Crippen MR) is 98.6 cm³/mol. The normalized spacial score (nSPS) is 38.6. The molecule has 2 fully saturated rings. The monoisotopic (exact) mass is 407 g/mol. The van der Waals surface area contributed by atoms with Crippen molar-refractivity contribution in [3.8, 4) is 0 Å². The van der Waals surface area contributed by atoms with Gasteiger partial charge in [-0.25, -0.2) is 9.18 Å². The number of aliphatic hydroxyl groups is 1. The second kappa shape index (κ2) is 8.42. The number of rotatable bonds is 5. The second-order valence-electron chi connectivity index (χ2n) is 5.26. The van der Waals surface area contributed by atoms with Crippen LogP contribution in [-0.2, 0) is 14.3 Å². The van der Waals surface area contributed by atoms with Crippen LogP contribution >= 0.6 is 0 Å². The third kappa shape index (κ3) is 4.33. The fourth-order valence-corrected chi connectivity index (χ4v) is 2.06. The van der Waals surface area contributed by atoms with E-state index in [-0.39, 0.29) is 9.80 Å². The highest BCUT2D eigenvalue weighted by atomic mass is 19.1. The first-order valence-corrected chi connectivity index (χ1v) is 7.63. The van der Waals surface area contributed by atoms with Crippen molar-refractivity contribution >= 4 is 29.3 Å². The first kappa shape index (κ1) is 9.08. The zero-order valence-electron chi connectivity index (χ0n) is 27.2. The van der Waals surface area contributed by atoms with Gasteiger partial charge in [-0.05, 0) is 18.2 Å². The largest absolute Gasteiger partial charge is 0.442 e. The predicted octanol–water partition coefficient (Wildman–Crippen LogP) is -0.0721. The summed E-state index contributed by atoms with van der Waals surface area (Å²) in [5.41, 5.74) is -1.92. The van der Waals surface area contributed by atoms with Gasteiger partial charge >= 0.3 is 6.09 Å². The molecule has 0 radical (unpaired) electrons. The summed E-state index contributed by atoms with van der Waals surface area (Å²) in [6, 6.07) is 1.53. The molecule has 2 N–H and O–H groups in total. The molecule has 3 amide bonds. The summed E-state index contributed by atoms with van der Waals surface area (Å²) < 4.78 is 126. The molecular weight excluding hydrogens is 371 g/mol. The number of piperazine rings is 1. The lowest BCUT2D eigenvalue weighted by Gasteiger charge is -2.36. The van der Waals surface area contributed by atoms with E-state index in [1.54, 1.807) is 5.32 Å². The van der Waals surface area contributed by atoms with Crippen LogP contribution in [0.5, 0.6) is 0 Å². The Balaban J connectivity index is 2.16. The minimum Gasteiger partial charge on any atom is -0.442 e. The summed E-state index contributed by atoms with van der Waals surface area (Å²) >= 11 is 0. The van der Waals surface area contributed by atoms with Gasteiger partial charge in [0.1, 0.15) is 18.5 Å². The Kier molecular flexibility index (Phi) is 2.73. The van der Waals surface area contributed by atoms with Gasteiger partial charge < -0.3 is 25.0 Å². The van der Waals surface area contributed by atoms with Crippen molar-refractivity contribution in [1.29, 1.82) is 0 Å². The molecule has 152 valence electrons. The number of ether oxygens (including phenoxy) is 1. The van der Waals surface area contributed by atoms with Crippen molar-refractivity contribution in [2.75, 3.05) is 55.4 Å². The maximum atomic E-state index is 15.6. The van der Waals surface area contributed by atoms with Crippen LogP contribution in [-0.4, -0.2) is 79.6 Å². The van der Waals surface area contributed by atoms with Gasteiger partial charge in [0.05, 0.1) is 42.2 Å². The number of carbonyl (C=O) groups is 3. The number of aliphatic hydroxyl groups excluding tert-OH is 1. The van der Waals surface area contributed by atoms with Gasteiger partial charge in [0.2, 0.25) is 11.8 Å². The number of benzene rings is 1. The Morgan fingerprint density at radius 2 is 2.14 bits per heavy atom. The van der Waals surface area contributed by atoms with Crippen LogP contribution < -0.4 is 15.1 Å². The van der Waals surface area contributed by atoms with Crippen molar-refractivity contribution < 1.29 is 46.4 Å². The molecule has 1 aromatic rings. The molecule has 9 nitrogen and oxygen atoms in total. The molecule has 2 saturated heterocycles. The van der Waals surface area contributed by atoms with E-state index in [1.807, 2.05) is 0 Å². The molecule has 0 aromatic heterocycles.